The number of carboxylic acids is 1. The van der Waals surface area contributed by atoms with Gasteiger partial charge in [0, 0.05) is 19.0 Å². The number of aliphatic carboxylic acids is 1. The summed E-state index contributed by atoms with van der Waals surface area (Å²) >= 11 is 0. The van der Waals surface area contributed by atoms with Crippen molar-refractivity contribution >= 4 is 11.9 Å². The monoisotopic (exact) mass is 452 g/mol. The zero-order valence-corrected chi connectivity index (χ0v) is 16.4. The molecule has 1 rings (SSSR count). The molecule has 0 spiro atoms. The van der Waals surface area contributed by atoms with E-state index >= 15 is 0 Å². The van der Waals surface area contributed by atoms with Crippen LogP contribution in [-0.4, -0.2) is 23.7 Å². The molecule has 0 fully saturated rings. The molecule has 0 aliphatic heterocycles. The number of carbonyl (C=O) groups is 2. The van der Waals surface area contributed by atoms with Crippen molar-refractivity contribution in [3.8, 4) is 0 Å². The first kappa shape index (κ1) is 20.1. The summed E-state index contributed by atoms with van der Waals surface area (Å²) < 4.78 is 4.72. The molecule has 0 bridgehead atoms. The maximum atomic E-state index is 10.6. The van der Waals surface area contributed by atoms with Crippen molar-refractivity contribution in [2.45, 2.75) is 13.8 Å². The van der Waals surface area contributed by atoms with Crippen LogP contribution in [0, 0.1) is 6.08 Å². The summed E-state index contributed by atoms with van der Waals surface area (Å²) in [6, 6.07) is 9.16. The fourth-order valence-corrected chi connectivity index (χ4v) is 0.953. The van der Waals surface area contributed by atoms with Gasteiger partial charge in [0.2, 0.25) is 0 Å². The van der Waals surface area contributed by atoms with Gasteiger partial charge >= 0.3 is 33.6 Å². The van der Waals surface area contributed by atoms with E-state index in [-0.39, 0.29) is 40.0 Å². The van der Waals surface area contributed by atoms with Crippen LogP contribution in [0.5, 0.6) is 0 Å². The van der Waals surface area contributed by atoms with E-state index in [4.69, 9.17) is 19.7 Å². The Bertz CT molecular complexity index is 410. The summed E-state index contributed by atoms with van der Waals surface area (Å²) in [5.41, 5.74) is 0.762. The van der Waals surface area contributed by atoms with E-state index in [1.54, 1.807) is 12.1 Å². The summed E-state index contributed by atoms with van der Waals surface area (Å²) in [4.78, 5) is 19.5. The molecule has 0 saturated heterocycles. The first-order valence-corrected chi connectivity index (χ1v) is 5.10. The minimum atomic E-state index is -1.08. The number of hydrogen-bond acceptors (Lipinski definition) is 5. The van der Waals surface area contributed by atoms with E-state index in [1.165, 1.54) is 6.92 Å². The maximum absolute atomic E-state index is 10.6. The number of aliphatic hydroxyl groups is 1. The minimum Gasteiger partial charge on any atom is -0.550 e. The Kier molecular flexibility index (Phi) is 12.6. The van der Waals surface area contributed by atoms with Gasteiger partial charge in [0.25, 0.3) is 0 Å². The van der Waals surface area contributed by atoms with Crippen molar-refractivity contribution in [2.75, 3.05) is 6.61 Å². The van der Waals surface area contributed by atoms with Gasteiger partial charge in [-0.3, -0.25) is 4.79 Å². The second kappa shape index (κ2) is 11.9. The van der Waals surface area contributed by atoms with E-state index in [0.29, 0.717) is 0 Å². The molecule has 0 aliphatic carbocycles. The molecule has 19 heavy (non-hydrogen) atoms. The van der Waals surface area contributed by atoms with Crippen molar-refractivity contribution in [2.24, 2.45) is 0 Å². The van der Waals surface area contributed by atoms with Crippen molar-refractivity contribution in [1.29, 1.82) is 0 Å². The van der Waals surface area contributed by atoms with Crippen LogP contribution in [0.2, 0.25) is 0 Å². The first-order valence-electron chi connectivity index (χ1n) is 5.10. The summed E-state index contributed by atoms with van der Waals surface area (Å²) in [5.74, 6) is -1.42. The van der Waals surface area contributed by atoms with Gasteiger partial charge in [0.05, 0.1) is 0 Å². The number of esters is 1. The van der Waals surface area contributed by atoms with Crippen molar-refractivity contribution in [3.05, 3.63) is 47.7 Å². The Labute approximate surface area is 132 Å². The Hall–Kier alpha value is -1.20. The molecule has 2 radical (unpaired) electrons. The topological polar surface area (TPSA) is 86.7 Å². The van der Waals surface area contributed by atoms with Crippen LogP contribution in [0.25, 0.3) is 0 Å². The minimum absolute atomic E-state index is 0. The van der Waals surface area contributed by atoms with Gasteiger partial charge in [0.15, 0.2) is 0 Å². The predicted molar refractivity (Wildman–Crippen MR) is 61.8 cm³/mol. The summed E-state index contributed by atoms with van der Waals surface area (Å²) in [5, 5.41) is 17.7. The zero-order valence-electron chi connectivity index (χ0n) is 10.9. The Balaban J connectivity index is 0. The van der Waals surface area contributed by atoms with Crippen LogP contribution in [0.3, 0.4) is 0 Å². The predicted octanol–water partition coefficient (Wildman–Crippen LogP) is 0.0309. The molecule has 0 amide bonds. The molecule has 0 heterocycles. The molecular formula is C13H14HgO5. The van der Waals surface area contributed by atoms with Crippen LogP contribution in [0.4, 0.5) is 0 Å². The third-order valence-electron chi connectivity index (χ3n) is 1.47. The number of carbonyl (C=O) groups excluding carboxylic acids is 2. The number of rotatable bonds is 3. The number of aliphatic hydroxyl groups excluding tert-OH is 1. The third kappa shape index (κ3) is 13.0. The quantitative estimate of drug-likeness (QED) is 0.399. The van der Waals surface area contributed by atoms with E-state index in [2.05, 4.69) is 6.08 Å². The zero-order chi connectivity index (χ0) is 14.0. The average Bonchev–Trinajstić information content (AvgIpc) is 2.28. The van der Waals surface area contributed by atoms with Crippen LogP contribution in [-0.2, 0) is 42.0 Å². The molecule has 1 N–H and O–H groups in total. The van der Waals surface area contributed by atoms with Gasteiger partial charge in [-0.25, -0.2) is 0 Å². The molecule has 0 unspecified atom stereocenters. The average molecular weight is 451 g/mol. The second-order valence-corrected chi connectivity index (χ2v) is 3.16. The molecule has 5 nitrogen and oxygen atoms in total. The Morgan fingerprint density at radius 2 is 1.74 bits per heavy atom. The maximum Gasteiger partial charge on any atom is 1.00 e. The summed E-state index contributed by atoms with van der Waals surface area (Å²) in [6.45, 7) is 1.91. The molecule has 0 atom stereocenters. The second-order valence-electron chi connectivity index (χ2n) is 3.16. The number of ether oxygens (including phenoxy) is 1. The largest absolute Gasteiger partial charge is 1.00 e. The molecule has 0 saturated carbocycles. The van der Waals surface area contributed by atoms with E-state index in [0.717, 1.165) is 12.5 Å². The van der Waals surface area contributed by atoms with Crippen LogP contribution in [0.15, 0.2) is 36.1 Å². The van der Waals surface area contributed by atoms with E-state index in [9.17, 15) is 4.79 Å². The van der Waals surface area contributed by atoms with Crippen molar-refractivity contribution in [1.82, 2.24) is 0 Å². The molecule has 1 aromatic rings. The fourth-order valence-electron chi connectivity index (χ4n) is 0.953. The number of benzene rings is 1. The summed E-state index contributed by atoms with van der Waals surface area (Å²) in [7, 11) is 0. The Morgan fingerprint density at radius 1 is 1.26 bits per heavy atom. The van der Waals surface area contributed by atoms with Gasteiger partial charge in [-0.05, 0) is 12.5 Å². The summed E-state index contributed by atoms with van der Waals surface area (Å²) in [6.07, 6.45) is 2.78. The van der Waals surface area contributed by atoms with Gasteiger partial charge in [-0.15, -0.1) is 0 Å². The van der Waals surface area contributed by atoms with Crippen LogP contribution < -0.4 is 5.11 Å². The smallest absolute Gasteiger partial charge is 0.550 e. The third-order valence-corrected chi connectivity index (χ3v) is 1.47. The molecule has 6 heteroatoms. The number of hydrogen-bond donors (Lipinski definition) is 1. The molecular weight excluding hydrogens is 437 g/mol. The van der Waals surface area contributed by atoms with E-state index in [1.807, 2.05) is 18.2 Å². The van der Waals surface area contributed by atoms with E-state index < -0.39 is 11.9 Å². The normalized spacial score (nSPS) is 9.53. The molecule has 0 aromatic heterocycles. The fraction of sp³-hybridized carbons (Fsp3) is 0.231. The van der Waals surface area contributed by atoms with Crippen molar-refractivity contribution < 1.29 is 52.2 Å². The number of carboxylic acid groups (broad SMARTS) is 1. The van der Waals surface area contributed by atoms with Gasteiger partial charge in [-0.1, -0.05) is 30.3 Å². The van der Waals surface area contributed by atoms with Crippen LogP contribution >= 0.6 is 0 Å². The standard InChI is InChI=1S/C11H11O3.C2H4O2.Hg/c1-9(13)14-11(8-12)7-10-5-3-2-4-6-10;1-2(3)4;/h2-6,12H,8H2,1H3;1H3,(H,3,4);/q;;+1/p-1. The van der Waals surface area contributed by atoms with Gasteiger partial charge in [0.1, 0.15) is 12.4 Å². The molecule has 98 valence electrons. The Morgan fingerprint density at radius 3 is 2.11 bits per heavy atom. The van der Waals surface area contributed by atoms with Gasteiger partial charge in [-0.2, -0.15) is 0 Å². The SMILES string of the molecule is CC(=O)OC(=[C]c1ccccc1)CO.CC(=O)[O-].[Hg+]. The first-order chi connectivity index (χ1) is 8.45. The molecule has 0 aliphatic rings. The van der Waals surface area contributed by atoms with Gasteiger partial charge < -0.3 is 19.7 Å². The van der Waals surface area contributed by atoms with Crippen LogP contribution in [0.1, 0.15) is 19.4 Å². The van der Waals surface area contributed by atoms with Crippen molar-refractivity contribution in [3.63, 3.8) is 0 Å². The molecule has 1 aromatic carbocycles.